The van der Waals surface area contributed by atoms with Gasteiger partial charge in [-0.3, -0.25) is 4.90 Å². The number of nitrogens with zero attached hydrogens (tertiary/aromatic N) is 1. The zero-order valence-corrected chi connectivity index (χ0v) is 12.4. The van der Waals surface area contributed by atoms with Crippen molar-refractivity contribution in [1.29, 1.82) is 0 Å². The van der Waals surface area contributed by atoms with Gasteiger partial charge in [0.25, 0.3) is 0 Å². The second-order valence-electron chi connectivity index (χ2n) is 5.73. The Bertz CT molecular complexity index is 585. The van der Waals surface area contributed by atoms with Gasteiger partial charge in [0.2, 0.25) is 0 Å². The van der Waals surface area contributed by atoms with Gasteiger partial charge in [0.15, 0.2) is 0 Å². The van der Waals surface area contributed by atoms with Gasteiger partial charge < -0.3 is 10.5 Å². The van der Waals surface area contributed by atoms with E-state index in [4.69, 9.17) is 10.5 Å². The van der Waals surface area contributed by atoms with Gasteiger partial charge in [-0.15, -0.1) is 0 Å². The molecule has 0 amide bonds. The molecule has 1 heterocycles. The number of benzene rings is 2. The summed E-state index contributed by atoms with van der Waals surface area (Å²) in [6.45, 7) is 2.91. The molecule has 3 heteroatoms. The Balaban J connectivity index is 1.71. The number of hydrogen-bond donors (Lipinski definition) is 1. The van der Waals surface area contributed by atoms with Crippen molar-refractivity contribution >= 4 is 0 Å². The Hall–Kier alpha value is -1.84. The van der Waals surface area contributed by atoms with Crippen LogP contribution in [0.3, 0.4) is 0 Å². The van der Waals surface area contributed by atoms with Crippen molar-refractivity contribution in [1.82, 2.24) is 4.90 Å². The molecule has 2 aromatic rings. The number of ether oxygens (including phenoxy) is 1. The third kappa shape index (κ3) is 3.26. The van der Waals surface area contributed by atoms with Crippen molar-refractivity contribution in [3.63, 3.8) is 0 Å². The van der Waals surface area contributed by atoms with E-state index in [0.29, 0.717) is 5.92 Å². The van der Waals surface area contributed by atoms with Gasteiger partial charge in [-0.25, -0.2) is 0 Å². The van der Waals surface area contributed by atoms with Gasteiger partial charge in [-0.2, -0.15) is 0 Å². The molecule has 0 aliphatic carbocycles. The van der Waals surface area contributed by atoms with Crippen LogP contribution in [0.25, 0.3) is 0 Å². The first kappa shape index (κ1) is 14.1. The topological polar surface area (TPSA) is 38.5 Å². The Morgan fingerprint density at radius 2 is 1.90 bits per heavy atom. The summed E-state index contributed by atoms with van der Waals surface area (Å²) in [6.07, 6.45) is 0. The lowest BCUT2D eigenvalue weighted by Crippen LogP contribution is -2.28. The van der Waals surface area contributed by atoms with Crippen LogP contribution >= 0.6 is 0 Å². The summed E-state index contributed by atoms with van der Waals surface area (Å²) in [7, 11) is 1.70. The summed E-state index contributed by atoms with van der Waals surface area (Å²) in [6, 6.07) is 19.0. The average Bonchev–Trinajstić information content (AvgIpc) is 2.89. The van der Waals surface area contributed by atoms with Crippen LogP contribution < -0.4 is 10.5 Å². The van der Waals surface area contributed by atoms with Crippen molar-refractivity contribution in [3.05, 3.63) is 65.7 Å². The van der Waals surface area contributed by atoms with Crippen LogP contribution in [-0.2, 0) is 6.54 Å². The molecular weight excluding hydrogens is 260 g/mol. The minimum absolute atomic E-state index is 0.181. The summed E-state index contributed by atoms with van der Waals surface area (Å²) in [5.74, 6) is 1.28. The zero-order chi connectivity index (χ0) is 14.7. The normalized spacial score (nSPS) is 22.4. The molecule has 1 saturated heterocycles. The quantitative estimate of drug-likeness (QED) is 0.937. The molecule has 0 radical (unpaired) electrons. The van der Waals surface area contributed by atoms with Gasteiger partial charge in [0.1, 0.15) is 5.75 Å². The summed E-state index contributed by atoms with van der Waals surface area (Å²) < 4.78 is 5.32. The molecule has 3 rings (SSSR count). The number of hydrogen-bond acceptors (Lipinski definition) is 3. The van der Waals surface area contributed by atoms with Crippen LogP contribution in [0.1, 0.15) is 17.0 Å². The van der Waals surface area contributed by atoms with Crippen molar-refractivity contribution < 1.29 is 4.74 Å². The highest BCUT2D eigenvalue weighted by Gasteiger charge is 2.31. The molecule has 2 aromatic carbocycles. The molecule has 21 heavy (non-hydrogen) atoms. The van der Waals surface area contributed by atoms with Crippen LogP contribution in [-0.4, -0.2) is 31.1 Å². The van der Waals surface area contributed by atoms with Gasteiger partial charge >= 0.3 is 0 Å². The molecule has 2 N–H and O–H groups in total. The van der Waals surface area contributed by atoms with E-state index < -0.39 is 0 Å². The third-order valence-electron chi connectivity index (χ3n) is 4.21. The van der Waals surface area contributed by atoms with Crippen LogP contribution in [0.4, 0.5) is 0 Å². The fourth-order valence-corrected chi connectivity index (χ4v) is 3.11. The Labute approximate surface area is 126 Å². The number of likely N-dealkylation sites (tertiary alicyclic amines) is 1. The van der Waals surface area contributed by atoms with Gasteiger partial charge in [0, 0.05) is 31.6 Å². The van der Waals surface area contributed by atoms with E-state index in [-0.39, 0.29) is 6.04 Å². The van der Waals surface area contributed by atoms with E-state index >= 15 is 0 Å². The molecule has 2 atom stereocenters. The lowest BCUT2D eigenvalue weighted by atomic mass is 9.95. The highest BCUT2D eigenvalue weighted by Crippen LogP contribution is 2.29. The predicted molar refractivity (Wildman–Crippen MR) is 85.4 cm³/mol. The standard InChI is InChI=1S/C18H22N2O/c1-21-16-9-5-8-15(10-16)17-12-20(13-18(17)19)11-14-6-3-2-4-7-14/h2-10,17-18H,11-13,19H2,1H3. The summed E-state index contributed by atoms with van der Waals surface area (Å²) in [5, 5.41) is 0. The van der Waals surface area contributed by atoms with E-state index in [2.05, 4.69) is 47.4 Å². The van der Waals surface area contributed by atoms with E-state index in [1.165, 1.54) is 11.1 Å². The summed E-state index contributed by atoms with van der Waals surface area (Å²) in [5.41, 5.74) is 8.98. The van der Waals surface area contributed by atoms with E-state index in [1.54, 1.807) is 7.11 Å². The molecular formula is C18H22N2O. The number of methoxy groups -OCH3 is 1. The summed E-state index contributed by atoms with van der Waals surface area (Å²) >= 11 is 0. The van der Waals surface area contributed by atoms with Crippen molar-refractivity contribution in [2.75, 3.05) is 20.2 Å². The third-order valence-corrected chi connectivity index (χ3v) is 4.21. The maximum absolute atomic E-state index is 6.36. The largest absolute Gasteiger partial charge is 0.497 e. The first-order valence-corrected chi connectivity index (χ1v) is 7.42. The maximum Gasteiger partial charge on any atom is 0.119 e. The van der Waals surface area contributed by atoms with Crippen LogP contribution in [0, 0.1) is 0 Å². The first-order chi connectivity index (χ1) is 10.3. The minimum atomic E-state index is 0.181. The Morgan fingerprint density at radius 1 is 1.10 bits per heavy atom. The van der Waals surface area contributed by atoms with Crippen LogP contribution in [0.5, 0.6) is 5.75 Å². The molecule has 0 spiro atoms. The van der Waals surface area contributed by atoms with Crippen molar-refractivity contribution in [2.24, 2.45) is 5.73 Å². The van der Waals surface area contributed by atoms with Gasteiger partial charge in [-0.05, 0) is 23.3 Å². The fourth-order valence-electron chi connectivity index (χ4n) is 3.11. The fraction of sp³-hybridized carbons (Fsp3) is 0.333. The average molecular weight is 282 g/mol. The molecule has 3 nitrogen and oxygen atoms in total. The SMILES string of the molecule is COc1cccc(C2CN(Cc3ccccc3)CC2N)c1. The van der Waals surface area contributed by atoms with Gasteiger partial charge in [-0.1, -0.05) is 42.5 Å². The lowest BCUT2D eigenvalue weighted by Gasteiger charge is -2.16. The van der Waals surface area contributed by atoms with E-state index in [9.17, 15) is 0 Å². The number of nitrogens with two attached hydrogens (primary N) is 1. The molecule has 0 bridgehead atoms. The Kier molecular flexibility index (Phi) is 4.23. The van der Waals surface area contributed by atoms with E-state index in [0.717, 1.165) is 25.4 Å². The molecule has 1 aliphatic heterocycles. The minimum Gasteiger partial charge on any atom is -0.497 e. The van der Waals surface area contributed by atoms with E-state index in [1.807, 2.05) is 12.1 Å². The second kappa shape index (κ2) is 6.29. The summed E-state index contributed by atoms with van der Waals surface area (Å²) in [4.78, 5) is 2.43. The molecule has 0 saturated carbocycles. The van der Waals surface area contributed by atoms with Gasteiger partial charge in [0.05, 0.1) is 7.11 Å². The van der Waals surface area contributed by atoms with Crippen LogP contribution in [0.2, 0.25) is 0 Å². The number of rotatable bonds is 4. The monoisotopic (exact) mass is 282 g/mol. The molecule has 1 fully saturated rings. The predicted octanol–water partition coefficient (Wildman–Crippen LogP) is 2.62. The van der Waals surface area contributed by atoms with Crippen molar-refractivity contribution in [3.8, 4) is 5.75 Å². The first-order valence-electron chi connectivity index (χ1n) is 7.42. The molecule has 110 valence electrons. The Morgan fingerprint density at radius 3 is 2.67 bits per heavy atom. The van der Waals surface area contributed by atoms with Crippen LogP contribution in [0.15, 0.2) is 54.6 Å². The molecule has 0 aromatic heterocycles. The van der Waals surface area contributed by atoms with Crippen molar-refractivity contribution in [2.45, 2.75) is 18.5 Å². The molecule has 2 unspecified atom stereocenters. The zero-order valence-electron chi connectivity index (χ0n) is 12.4. The highest BCUT2D eigenvalue weighted by atomic mass is 16.5. The highest BCUT2D eigenvalue weighted by molar-refractivity contribution is 5.33. The molecule has 1 aliphatic rings. The second-order valence-corrected chi connectivity index (χ2v) is 5.73. The maximum atomic E-state index is 6.36. The lowest BCUT2D eigenvalue weighted by molar-refractivity contribution is 0.323. The smallest absolute Gasteiger partial charge is 0.119 e.